The fourth-order valence-electron chi connectivity index (χ4n) is 5.04. The lowest BCUT2D eigenvalue weighted by Gasteiger charge is -2.33. The van der Waals surface area contributed by atoms with Gasteiger partial charge < -0.3 is 9.64 Å². The number of hydrogen-bond acceptors (Lipinski definition) is 4. The van der Waals surface area contributed by atoms with Gasteiger partial charge in [0.05, 0.1) is 7.11 Å². The lowest BCUT2D eigenvalue weighted by molar-refractivity contribution is 0.151. The van der Waals surface area contributed by atoms with E-state index in [1.807, 2.05) is 35.2 Å². The minimum Gasteiger partial charge on any atom is -0.497 e. The molecule has 0 amide bonds. The lowest BCUT2D eigenvalue weighted by Crippen LogP contribution is -2.38. The molecule has 2 aliphatic rings. The van der Waals surface area contributed by atoms with Gasteiger partial charge in [0.2, 0.25) is 0 Å². The van der Waals surface area contributed by atoms with E-state index in [9.17, 15) is 0 Å². The highest BCUT2D eigenvalue weighted by Crippen LogP contribution is 2.41. The van der Waals surface area contributed by atoms with Crippen molar-refractivity contribution in [1.29, 1.82) is 0 Å². The Morgan fingerprint density at radius 2 is 1.79 bits per heavy atom. The van der Waals surface area contributed by atoms with Gasteiger partial charge in [-0.05, 0) is 110 Å². The van der Waals surface area contributed by atoms with Crippen LogP contribution in [0.15, 0.2) is 57.6 Å². The van der Waals surface area contributed by atoms with E-state index < -0.39 is 0 Å². The monoisotopic (exact) mass is 423 g/mol. The molecule has 1 aromatic heterocycles. The second-order valence-electron chi connectivity index (χ2n) is 8.38. The van der Waals surface area contributed by atoms with Gasteiger partial charge in [-0.15, -0.1) is 11.3 Å². The quantitative estimate of drug-likeness (QED) is 0.441. The number of rotatable bonds is 4. The van der Waals surface area contributed by atoms with E-state index in [4.69, 9.17) is 4.74 Å². The molecule has 3 heterocycles. The highest BCUT2D eigenvalue weighted by molar-refractivity contribution is 7.99. The topological polar surface area (TPSA) is 12.5 Å². The first-order valence-corrected chi connectivity index (χ1v) is 12.6. The van der Waals surface area contributed by atoms with Crippen molar-refractivity contribution < 1.29 is 4.74 Å². The molecule has 152 valence electrons. The van der Waals surface area contributed by atoms with Crippen LogP contribution in [-0.2, 0) is 0 Å². The molecule has 0 radical (unpaired) electrons. The highest BCUT2D eigenvalue weighted by Gasteiger charge is 2.28. The van der Waals surface area contributed by atoms with Gasteiger partial charge in [-0.2, -0.15) is 0 Å². The number of methoxy groups -OCH3 is 1. The SMILES string of the molecule is COc1ccc(Sc2ccc3scc(C4CCC5CCCCN5CC4)c3c2)cc1. The van der Waals surface area contributed by atoms with Crippen molar-refractivity contribution in [3.05, 3.63) is 53.4 Å². The van der Waals surface area contributed by atoms with Crippen molar-refractivity contribution >= 4 is 33.2 Å². The maximum Gasteiger partial charge on any atom is 0.118 e. The fraction of sp³-hybridized carbons (Fsp3) is 0.440. The van der Waals surface area contributed by atoms with E-state index >= 15 is 0 Å². The Kier molecular flexibility index (Phi) is 5.85. The molecule has 5 rings (SSSR count). The molecule has 2 fully saturated rings. The van der Waals surface area contributed by atoms with E-state index in [0.29, 0.717) is 0 Å². The van der Waals surface area contributed by atoms with Crippen LogP contribution in [-0.4, -0.2) is 31.1 Å². The zero-order valence-corrected chi connectivity index (χ0v) is 18.7. The van der Waals surface area contributed by atoms with E-state index in [-0.39, 0.29) is 0 Å². The van der Waals surface area contributed by atoms with Gasteiger partial charge in [0.1, 0.15) is 5.75 Å². The van der Waals surface area contributed by atoms with Crippen LogP contribution in [0.5, 0.6) is 5.75 Å². The third-order valence-electron chi connectivity index (χ3n) is 6.67. The van der Waals surface area contributed by atoms with Crippen LogP contribution >= 0.6 is 23.1 Å². The Morgan fingerprint density at radius 3 is 2.66 bits per heavy atom. The normalized spacial score (nSPS) is 22.9. The zero-order valence-electron chi connectivity index (χ0n) is 17.1. The summed E-state index contributed by atoms with van der Waals surface area (Å²) in [5, 5.41) is 3.93. The molecule has 2 saturated heterocycles. The van der Waals surface area contributed by atoms with Crippen molar-refractivity contribution in [2.24, 2.45) is 0 Å². The summed E-state index contributed by atoms with van der Waals surface area (Å²) in [6.45, 7) is 2.61. The number of fused-ring (bicyclic) bond motifs is 2. The Labute approximate surface area is 182 Å². The van der Waals surface area contributed by atoms with Crippen LogP contribution in [0.2, 0.25) is 0 Å². The third kappa shape index (κ3) is 4.21. The number of nitrogens with zero attached hydrogens (tertiary/aromatic N) is 1. The van der Waals surface area contributed by atoms with Gasteiger partial charge >= 0.3 is 0 Å². The number of piperidine rings is 1. The molecule has 0 spiro atoms. The first kappa shape index (κ1) is 19.5. The summed E-state index contributed by atoms with van der Waals surface area (Å²) >= 11 is 3.76. The van der Waals surface area contributed by atoms with Crippen molar-refractivity contribution in [3.8, 4) is 5.75 Å². The Balaban J connectivity index is 1.37. The van der Waals surface area contributed by atoms with Crippen LogP contribution in [0.25, 0.3) is 10.1 Å². The standard InChI is InChI=1S/C25H29NOS2/c1-27-20-7-9-21(10-8-20)29-22-11-12-25-23(16-22)24(17-28-25)18-5-6-19-4-2-3-14-26(19)15-13-18/h7-12,16-19H,2-6,13-15H2,1H3. The lowest BCUT2D eigenvalue weighted by atomic mass is 9.90. The molecule has 0 saturated carbocycles. The minimum absolute atomic E-state index is 0.718. The summed E-state index contributed by atoms with van der Waals surface area (Å²) in [5.41, 5.74) is 1.60. The molecule has 0 bridgehead atoms. The maximum atomic E-state index is 5.28. The molecule has 2 aliphatic heterocycles. The average molecular weight is 424 g/mol. The molecule has 0 aliphatic carbocycles. The molecule has 2 nitrogen and oxygen atoms in total. The summed E-state index contributed by atoms with van der Waals surface area (Å²) in [5.74, 6) is 1.63. The van der Waals surface area contributed by atoms with Crippen LogP contribution in [0.3, 0.4) is 0 Å². The van der Waals surface area contributed by atoms with Gasteiger partial charge in [-0.25, -0.2) is 0 Å². The fourth-order valence-corrected chi connectivity index (χ4v) is 6.92. The smallest absolute Gasteiger partial charge is 0.118 e. The van der Waals surface area contributed by atoms with Crippen molar-refractivity contribution in [2.75, 3.05) is 20.2 Å². The van der Waals surface area contributed by atoms with E-state index in [0.717, 1.165) is 17.7 Å². The Hall–Kier alpha value is -1.49. The molecule has 4 heteroatoms. The summed E-state index contributed by atoms with van der Waals surface area (Å²) in [6.07, 6.45) is 8.29. The minimum atomic E-state index is 0.718. The molecule has 2 atom stereocenters. The number of hydrogen-bond donors (Lipinski definition) is 0. The van der Waals surface area contributed by atoms with Crippen molar-refractivity contribution in [3.63, 3.8) is 0 Å². The number of thiophene rings is 1. The van der Waals surface area contributed by atoms with E-state index in [1.54, 1.807) is 12.7 Å². The van der Waals surface area contributed by atoms with Gasteiger partial charge in [-0.1, -0.05) is 18.2 Å². The van der Waals surface area contributed by atoms with Gasteiger partial charge in [-0.3, -0.25) is 0 Å². The van der Waals surface area contributed by atoms with Gasteiger partial charge in [0.15, 0.2) is 0 Å². The van der Waals surface area contributed by atoms with Crippen LogP contribution in [0, 0.1) is 0 Å². The highest BCUT2D eigenvalue weighted by atomic mass is 32.2. The van der Waals surface area contributed by atoms with Crippen LogP contribution in [0.4, 0.5) is 0 Å². The van der Waals surface area contributed by atoms with Gasteiger partial charge in [0, 0.05) is 20.5 Å². The molecule has 2 aromatic carbocycles. The first-order chi connectivity index (χ1) is 14.3. The Morgan fingerprint density at radius 1 is 0.931 bits per heavy atom. The molecular formula is C25H29NOS2. The number of benzene rings is 2. The molecule has 0 N–H and O–H groups in total. The summed E-state index contributed by atoms with van der Waals surface area (Å²) in [7, 11) is 1.72. The molecule has 2 unspecified atom stereocenters. The van der Waals surface area contributed by atoms with Crippen molar-refractivity contribution in [1.82, 2.24) is 4.90 Å². The van der Waals surface area contributed by atoms with Gasteiger partial charge in [0.25, 0.3) is 0 Å². The predicted molar refractivity (Wildman–Crippen MR) is 125 cm³/mol. The van der Waals surface area contributed by atoms with E-state index in [1.165, 1.54) is 71.5 Å². The second-order valence-corrected chi connectivity index (χ2v) is 10.4. The van der Waals surface area contributed by atoms with Crippen LogP contribution in [0.1, 0.15) is 50.0 Å². The number of ether oxygens (including phenoxy) is 1. The molecular weight excluding hydrogens is 394 g/mol. The van der Waals surface area contributed by atoms with Crippen molar-refractivity contribution in [2.45, 2.75) is 60.3 Å². The zero-order chi connectivity index (χ0) is 19.6. The molecule has 3 aromatic rings. The second kappa shape index (κ2) is 8.71. The average Bonchev–Trinajstić information content (AvgIpc) is 3.06. The van der Waals surface area contributed by atoms with E-state index in [2.05, 4.69) is 40.6 Å². The van der Waals surface area contributed by atoms with Crippen LogP contribution < -0.4 is 4.74 Å². The summed E-state index contributed by atoms with van der Waals surface area (Å²) in [6, 6.07) is 16.2. The summed E-state index contributed by atoms with van der Waals surface area (Å²) in [4.78, 5) is 5.37. The first-order valence-electron chi connectivity index (χ1n) is 10.9. The largest absolute Gasteiger partial charge is 0.497 e. The maximum absolute atomic E-state index is 5.28. The Bertz CT molecular complexity index is 949. The third-order valence-corrected chi connectivity index (χ3v) is 8.65. The molecule has 29 heavy (non-hydrogen) atoms. The summed E-state index contributed by atoms with van der Waals surface area (Å²) < 4.78 is 6.72. The predicted octanol–water partition coefficient (Wildman–Crippen LogP) is 7.18.